The van der Waals surface area contributed by atoms with Gasteiger partial charge in [0.2, 0.25) is 0 Å². The van der Waals surface area contributed by atoms with Gasteiger partial charge in [-0.1, -0.05) is 0 Å². The molecule has 2 N–H and O–H groups in total. The van der Waals surface area contributed by atoms with Crippen LogP contribution in [0.5, 0.6) is 0 Å². The van der Waals surface area contributed by atoms with Crippen LogP contribution in [0.15, 0.2) is 23.5 Å². The van der Waals surface area contributed by atoms with E-state index in [0.29, 0.717) is 18.5 Å². The van der Waals surface area contributed by atoms with Crippen LogP contribution < -0.4 is 5.73 Å². The first-order chi connectivity index (χ1) is 7.27. The number of nitrogens with two attached hydrogens (primary N) is 1. The van der Waals surface area contributed by atoms with E-state index >= 15 is 0 Å². The van der Waals surface area contributed by atoms with Gasteiger partial charge in [0.05, 0.1) is 13.1 Å². The zero-order valence-corrected chi connectivity index (χ0v) is 11.7. The fraction of sp³-hybridized carbons (Fsp3) is 0.600. The van der Waals surface area contributed by atoms with Crippen LogP contribution in [0.3, 0.4) is 0 Å². The van der Waals surface area contributed by atoms with Gasteiger partial charge in [0.1, 0.15) is 0 Å². The molecule has 2 rings (SSSR count). The van der Waals surface area contributed by atoms with E-state index in [1.165, 1.54) is 12.8 Å². The van der Waals surface area contributed by atoms with Crippen LogP contribution in [0.4, 0.5) is 0 Å². The number of hydrogen-bond acceptors (Lipinski definition) is 2. The lowest BCUT2D eigenvalue weighted by Crippen LogP contribution is -2.35. The molecule has 1 fully saturated rings. The van der Waals surface area contributed by atoms with Crippen LogP contribution in [0.25, 0.3) is 0 Å². The van der Waals surface area contributed by atoms with Crippen molar-refractivity contribution in [1.29, 1.82) is 0 Å². The molecule has 90 valence electrons. The quantitative estimate of drug-likeness (QED) is 0.506. The zero-order chi connectivity index (χ0) is 10.7. The highest BCUT2D eigenvalue weighted by molar-refractivity contribution is 14.0. The highest BCUT2D eigenvalue weighted by Crippen LogP contribution is 2.24. The van der Waals surface area contributed by atoms with E-state index in [4.69, 9.17) is 5.73 Å². The van der Waals surface area contributed by atoms with E-state index in [2.05, 4.69) is 15.0 Å². The Bertz CT molecular complexity index is 331. The molecule has 1 aromatic rings. The number of aromatic nitrogens is 2. The lowest BCUT2D eigenvalue weighted by molar-refractivity contribution is 0.485. The molecule has 0 spiro atoms. The van der Waals surface area contributed by atoms with Crippen molar-refractivity contribution in [3.05, 3.63) is 18.5 Å². The molecular formula is C10H18IN5. The Morgan fingerprint density at radius 3 is 2.94 bits per heavy atom. The summed E-state index contributed by atoms with van der Waals surface area (Å²) in [6.45, 7) is 1.47. The second-order valence-corrected chi connectivity index (χ2v) is 3.85. The molecule has 0 saturated heterocycles. The van der Waals surface area contributed by atoms with Crippen molar-refractivity contribution in [3.8, 4) is 0 Å². The van der Waals surface area contributed by atoms with Gasteiger partial charge in [0.15, 0.2) is 5.96 Å². The second kappa shape index (κ2) is 6.07. The van der Waals surface area contributed by atoms with E-state index < -0.39 is 0 Å². The molecule has 0 aromatic carbocycles. The summed E-state index contributed by atoms with van der Waals surface area (Å²) in [6, 6.07) is 2.53. The maximum absolute atomic E-state index is 5.84. The lowest BCUT2D eigenvalue weighted by atomic mass is 10.6. The third-order valence-electron chi connectivity index (χ3n) is 2.62. The van der Waals surface area contributed by atoms with Crippen molar-refractivity contribution < 1.29 is 0 Å². The Labute approximate surface area is 113 Å². The van der Waals surface area contributed by atoms with Crippen LogP contribution in [-0.2, 0) is 6.54 Å². The van der Waals surface area contributed by atoms with Crippen molar-refractivity contribution in [2.24, 2.45) is 10.7 Å². The van der Waals surface area contributed by atoms with E-state index in [1.54, 1.807) is 6.20 Å². The summed E-state index contributed by atoms with van der Waals surface area (Å²) in [5, 5.41) is 4.10. The fourth-order valence-electron chi connectivity index (χ4n) is 1.46. The summed E-state index contributed by atoms with van der Waals surface area (Å²) in [5.74, 6) is 0.643. The van der Waals surface area contributed by atoms with Crippen molar-refractivity contribution in [3.63, 3.8) is 0 Å². The number of guanidine groups is 1. The maximum Gasteiger partial charge on any atom is 0.191 e. The molecule has 16 heavy (non-hydrogen) atoms. The van der Waals surface area contributed by atoms with Crippen molar-refractivity contribution in [1.82, 2.24) is 14.7 Å². The molecular weight excluding hydrogens is 317 g/mol. The van der Waals surface area contributed by atoms with Crippen molar-refractivity contribution in [2.45, 2.75) is 25.4 Å². The minimum absolute atomic E-state index is 0. The highest BCUT2D eigenvalue weighted by atomic mass is 127. The van der Waals surface area contributed by atoms with Gasteiger partial charge in [0.25, 0.3) is 0 Å². The van der Waals surface area contributed by atoms with Crippen LogP contribution in [-0.4, -0.2) is 40.3 Å². The first kappa shape index (κ1) is 13.3. The first-order valence-electron chi connectivity index (χ1n) is 5.27. The summed E-state index contributed by atoms with van der Waals surface area (Å²) in [6.07, 6.45) is 6.18. The van der Waals surface area contributed by atoms with Crippen LogP contribution in [0.2, 0.25) is 0 Å². The van der Waals surface area contributed by atoms with Gasteiger partial charge in [-0.2, -0.15) is 5.10 Å². The summed E-state index contributed by atoms with van der Waals surface area (Å²) in [4.78, 5) is 6.38. The fourth-order valence-corrected chi connectivity index (χ4v) is 1.46. The van der Waals surface area contributed by atoms with Crippen molar-refractivity contribution >= 4 is 29.9 Å². The molecule has 1 heterocycles. The largest absolute Gasteiger partial charge is 0.370 e. The smallest absolute Gasteiger partial charge is 0.191 e. The SMILES string of the molecule is CN(C(N)=NCCn1cccn1)C1CC1.I. The van der Waals surface area contributed by atoms with Gasteiger partial charge >= 0.3 is 0 Å². The number of hydrogen-bond donors (Lipinski definition) is 1. The molecule has 1 aromatic heterocycles. The highest BCUT2D eigenvalue weighted by Gasteiger charge is 2.27. The third kappa shape index (κ3) is 3.66. The van der Waals surface area contributed by atoms with Crippen LogP contribution >= 0.6 is 24.0 Å². The maximum atomic E-state index is 5.84. The first-order valence-corrected chi connectivity index (χ1v) is 5.27. The Morgan fingerprint density at radius 1 is 1.62 bits per heavy atom. The number of halogens is 1. The normalized spacial score (nSPS) is 15.7. The van der Waals surface area contributed by atoms with E-state index in [9.17, 15) is 0 Å². The lowest BCUT2D eigenvalue weighted by Gasteiger charge is -2.16. The van der Waals surface area contributed by atoms with Gasteiger partial charge in [-0.15, -0.1) is 24.0 Å². The average Bonchev–Trinajstić information content (AvgIpc) is 2.96. The summed E-state index contributed by atoms with van der Waals surface area (Å²) in [7, 11) is 2.00. The number of rotatable bonds is 4. The minimum atomic E-state index is 0. The Kier molecular flexibility index (Phi) is 5.04. The van der Waals surface area contributed by atoms with Gasteiger partial charge in [-0.05, 0) is 18.9 Å². The predicted octanol–water partition coefficient (Wildman–Crippen LogP) is 0.910. The van der Waals surface area contributed by atoms with E-state index in [-0.39, 0.29) is 24.0 Å². The monoisotopic (exact) mass is 335 g/mol. The van der Waals surface area contributed by atoms with Crippen LogP contribution in [0.1, 0.15) is 12.8 Å². The zero-order valence-electron chi connectivity index (χ0n) is 9.41. The Hall–Kier alpha value is -0.790. The minimum Gasteiger partial charge on any atom is -0.370 e. The molecule has 5 nitrogen and oxygen atoms in total. The summed E-state index contributed by atoms with van der Waals surface area (Å²) in [5.41, 5.74) is 5.84. The van der Waals surface area contributed by atoms with Crippen LogP contribution in [0, 0.1) is 0 Å². The molecule has 0 radical (unpaired) electrons. The molecule has 0 bridgehead atoms. The number of nitrogens with zero attached hydrogens (tertiary/aromatic N) is 4. The molecule has 0 amide bonds. The van der Waals surface area contributed by atoms with Crippen molar-refractivity contribution in [2.75, 3.05) is 13.6 Å². The predicted molar refractivity (Wildman–Crippen MR) is 74.9 cm³/mol. The third-order valence-corrected chi connectivity index (χ3v) is 2.62. The van der Waals surface area contributed by atoms with Gasteiger partial charge in [-0.25, -0.2) is 0 Å². The second-order valence-electron chi connectivity index (χ2n) is 3.85. The number of aliphatic imine (C=N–C) groups is 1. The molecule has 0 aliphatic heterocycles. The van der Waals surface area contributed by atoms with E-state index in [0.717, 1.165) is 6.54 Å². The van der Waals surface area contributed by atoms with E-state index in [1.807, 2.05) is 24.0 Å². The van der Waals surface area contributed by atoms with Gasteiger partial charge in [-0.3, -0.25) is 9.67 Å². The molecule has 0 unspecified atom stereocenters. The average molecular weight is 335 g/mol. The summed E-state index contributed by atoms with van der Waals surface area (Å²) < 4.78 is 1.86. The Balaban J connectivity index is 0.00000128. The topological polar surface area (TPSA) is 59.4 Å². The molecule has 6 heteroatoms. The molecule has 1 aliphatic rings. The standard InChI is InChI=1S/C10H17N5.HI/c1-14(9-3-4-9)10(11)12-6-8-15-7-2-5-13-15;/h2,5,7,9H,3-4,6,8H2,1H3,(H2,11,12);1H. The molecule has 1 saturated carbocycles. The molecule has 1 aliphatic carbocycles. The van der Waals surface area contributed by atoms with Gasteiger partial charge < -0.3 is 10.6 Å². The Morgan fingerprint density at radius 2 is 2.38 bits per heavy atom. The summed E-state index contributed by atoms with van der Waals surface area (Å²) >= 11 is 0. The molecule has 0 atom stereocenters. The van der Waals surface area contributed by atoms with Gasteiger partial charge in [0, 0.05) is 25.5 Å².